The molecule has 1 aromatic carbocycles. The van der Waals surface area contributed by atoms with Crippen molar-refractivity contribution in [3.8, 4) is 0 Å². The van der Waals surface area contributed by atoms with E-state index in [1.54, 1.807) is 16.8 Å². The molecular formula is C38H51N3O7. The predicted molar refractivity (Wildman–Crippen MR) is 179 cm³/mol. The lowest BCUT2D eigenvalue weighted by Gasteiger charge is -2.40. The van der Waals surface area contributed by atoms with Gasteiger partial charge in [-0.25, -0.2) is 0 Å². The summed E-state index contributed by atoms with van der Waals surface area (Å²) in [6, 6.07) is 8.06. The first-order valence-electron chi connectivity index (χ1n) is 18.0. The van der Waals surface area contributed by atoms with Gasteiger partial charge in [0.05, 0.1) is 18.1 Å². The summed E-state index contributed by atoms with van der Waals surface area (Å²) in [5, 5.41) is 9.28. The van der Waals surface area contributed by atoms with Crippen LogP contribution in [-0.4, -0.2) is 100 Å². The predicted octanol–water partition coefficient (Wildman–Crippen LogP) is 4.33. The van der Waals surface area contributed by atoms with E-state index in [0.717, 1.165) is 50.5 Å². The number of aliphatic hydroxyl groups excluding tert-OH is 1. The fourth-order valence-electron chi connectivity index (χ4n) is 8.58. The summed E-state index contributed by atoms with van der Waals surface area (Å²) in [5.74, 6) is -2.83. The van der Waals surface area contributed by atoms with Crippen LogP contribution in [0.3, 0.4) is 0 Å². The Kier molecular flexibility index (Phi) is 10.7. The molecule has 5 aliphatic rings. The highest BCUT2D eigenvalue weighted by molar-refractivity contribution is 5.99. The van der Waals surface area contributed by atoms with Gasteiger partial charge in [0, 0.05) is 39.2 Å². The Morgan fingerprint density at radius 1 is 0.938 bits per heavy atom. The molecule has 1 saturated carbocycles. The maximum absolute atomic E-state index is 14.9. The van der Waals surface area contributed by atoms with Crippen molar-refractivity contribution in [1.29, 1.82) is 0 Å². The fourth-order valence-corrected chi connectivity index (χ4v) is 8.58. The van der Waals surface area contributed by atoms with Crippen molar-refractivity contribution in [2.24, 2.45) is 11.8 Å². The van der Waals surface area contributed by atoms with E-state index in [9.17, 15) is 24.3 Å². The molecular weight excluding hydrogens is 610 g/mol. The number of ether oxygens (including phenoxy) is 2. The van der Waals surface area contributed by atoms with Gasteiger partial charge in [-0.1, -0.05) is 86.7 Å². The molecule has 5 bridgehead atoms. The third-order valence-corrected chi connectivity index (χ3v) is 11.3. The summed E-state index contributed by atoms with van der Waals surface area (Å²) in [7, 11) is 1.74. The smallest absolute Gasteiger partial charge is 0.313 e. The molecule has 0 unspecified atom stereocenters. The Bertz CT molecular complexity index is 1390. The Morgan fingerprint density at radius 2 is 1.69 bits per heavy atom. The van der Waals surface area contributed by atoms with Crippen LogP contribution in [-0.2, 0) is 28.7 Å². The molecule has 4 heterocycles. The largest absolute Gasteiger partial charge is 0.455 e. The highest BCUT2D eigenvalue weighted by Gasteiger charge is 2.73. The summed E-state index contributed by atoms with van der Waals surface area (Å²) in [5.41, 5.74) is -0.512. The molecule has 260 valence electrons. The van der Waals surface area contributed by atoms with E-state index in [-0.39, 0.29) is 30.4 Å². The molecule has 3 amide bonds. The fraction of sp³-hybridized carbons (Fsp3) is 0.632. The van der Waals surface area contributed by atoms with Crippen molar-refractivity contribution >= 4 is 23.7 Å². The molecule has 6 rings (SSSR count). The Morgan fingerprint density at radius 3 is 2.44 bits per heavy atom. The molecule has 10 nitrogen and oxygen atoms in total. The lowest BCUT2D eigenvalue weighted by molar-refractivity contribution is -0.164. The maximum Gasteiger partial charge on any atom is 0.313 e. The molecule has 0 radical (unpaired) electrons. The molecule has 4 aliphatic heterocycles. The van der Waals surface area contributed by atoms with E-state index >= 15 is 0 Å². The number of unbranched alkanes of at least 4 members (excludes halogenated alkanes) is 3. The van der Waals surface area contributed by atoms with Crippen molar-refractivity contribution in [2.45, 2.75) is 113 Å². The zero-order valence-electron chi connectivity index (χ0n) is 28.4. The van der Waals surface area contributed by atoms with Crippen molar-refractivity contribution in [3.63, 3.8) is 0 Å². The maximum atomic E-state index is 14.9. The SMILES string of the molecule is C[C@@H]1[C@@H](c2ccccc2)OC(=O)[C@@H]2[C@@H]3C=C[C@]4(O3)[C@H](C(=O)N(C3CCCCC3)C/C=C\CCC(=O)N1C)N(CCCCCCO)C(=O)[C@@H]24. The Balaban J connectivity index is 1.39. The Labute approximate surface area is 284 Å². The van der Waals surface area contributed by atoms with Crippen LogP contribution >= 0.6 is 0 Å². The van der Waals surface area contributed by atoms with E-state index in [1.165, 1.54) is 0 Å². The van der Waals surface area contributed by atoms with Gasteiger partial charge in [0.25, 0.3) is 0 Å². The van der Waals surface area contributed by atoms with E-state index in [1.807, 2.05) is 66.5 Å². The molecule has 7 atom stereocenters. The van der Waals surface area contributed by atoms with Gasteiger partial charge in [-0.05, 0) is 44.6 Å². The average Bonchev–Trinajstić information content (AvgIpc) is 3.75. The minimum absolute atomic E-state index is 0.0403. The summed E-state index contributed by atoms with van der Waals surface area (Å²) in [6.45, 7) is 2.75. The number of aliphatic hydroxyl groups is 1. The second-order valence-corrected chi connectivity index (χ2v) is 14.2. The topological polar surface area (TPSA) is 117 Å². The van der Waals surface area contributed by atoms with E-state index in [0.29, 0.717) is 38.8 Å². The zero-order valence-corrected chi connectivity index (χ0v) is 28.4. The lowest BCUT2D eigenvalue weighted by atomic mass is 9.74. The molecule has 0 aromatic heterocycles. The van der Waals surface area contributed by atoms with Gasteiger partial charge in [0.1, 0.15) is 23.7 Å². The van der Waals surface area contributed by atoms with E-state index < -0.39 is 47.7 Å². The minimum atomic E-state index is -1.27. The third-order valence-electron chi connectivity index (χ3n) is 11.3. The number of carbonyl (C=O) groups is 4. The second-order valence-electron chi connectivity index (χ2n) is 14.2. The Hall–Kier alpha value is -3.50. The number of fused-ring (bicyclic) bond motifs is 2. The van der Waals surface area contributed by atoms with Crippen molar-refractivity contribution < 1.29 is 33.8 Å². The number of benzene rings is 1. The van der Waals surface area contributed by atoms with Crippen LogP contribution in [0.5, 0.6) is 0 Å². The van der Waals surface area contributed by atoms with Gasteiger partial charge >= 0.3 is 5.97 Å². The summed E-state index contributed by atoms with van der Waals surface area (Å²) < 4.78 is 13.0. The van der Waals surface area contributed by atoms with Crippen molar-refractivity contribution in [3.05, 3.63) is 60.2 Å². The summed E-state index contributed by atoms with van der Waals surface area (Å²) >= 11 is 0. The van der Waals surface area contributed by atoms with Gasteiger partial charge < -0.3 is 29.3 Å². The highest BCUT2D eigenvalue weighted by Crippen LogP contribution is 2.56. The van der Waals surface area contributed by atoms with Crippen LogP contribution in [0, 0.1) is 11.8 Å². The number of likely N-dealkylation sites (N-methyl/N-ethyl adjacent to an activating group) is 1. The normalized spacial score (nSPS) is 33.8. The van der Waals surface area contributed by atoms with Gasteiger partial charge in [-0.3, -0.25) is 19.2 Å². The number of nitrogens with zero attached hydrogens (tertiary/aromatic N) is 3. The van der Waals surface area contributed by atoms with Crippen LogP contribution in [0.4, 0.5) is 0 Å². The number of likely N-dealkylation sites (tertiary alicyclic amines) is 1. The monoisotopic (exact) mass is 661 g/mol. The van der Waals surface area contributed by atoms with E-state index in [2.05, 4.69) is 0 Å². The van der Waals surface area contributed by atoms with Crippen LogP contribution in [0.1, 0.15) is 89.2 Å². The van der Waals surface area contributed by atoms with Crippen LogP contribution in [0.15, 0.2) is 54.6 Å². The summed E-state index contributed by atoms with van der Waals surface area (Å²) in [4.78, 5) is 62.5. The molecule has 1 spiro atoms. The third kappa shape index (κ3) is 6.45. The standard InChI is InChI=1S/C38H51N3O7/c1-26-33(27-16-8-5-9-17-27)47-37(46)31-29-21-22-38(48-29)32(31)35(44)41(24-13-3-4-15-25-42)34(38)36(45)40(28-18-10-6-11-19-28)23-14-7-12-20-30(43)39(26)2/h5,7-9,14,16-17,21-22,26,28-29,31-34,42H,3-4,6,10-13,15,18-20,23-25H2,1-2H3/b14-7-/t26-,29+,31-,32-,33+,34+,38-/m1/s1. The molecule has 3 fully saturated rings. The number of carbonyl (C=O) groups excluding carboxylic acids is 4. The zero-order chi connectivity index (χ0) is 33.8. The molecule has 48 heavy (non-hydrogen) atoms. The van der Waals surface area contributed by atoms with Gasteiger partial charge in [0.15, 0.2) is 0 Å². The highest BCUT2D eigenvalue weighted by atomic mass is 16.6. The molecule has 1 aromatic rings. The molecule has 2 saturated heterocycles. The number of amides is 3. The first kappa shape index (κ1) is 34.4. The second kappa shape index (κ2) is 14.9. The van der Waals surface area contributed by atoms with Crippen molar-refractivity contribution in [2.75, 3.05) is 26.7 Å². The summed E-state index contributed by atoms with van der Waals surface area (Å²) in [6.07, 6.45) is 15.0. The number of hydrogen-bond donors (Lipinski definition) is 1. The van der Waals surface area contributed by atoms with Gasteiger partial charge in [0.2, 0.25) is 17.7 Å². The van der Waals surface area contributed by atoms with Crippen LogP contribution in [0.25, 0.3) is 0 Å². The lowest BCUT2D eigenvalue weighted by Crippen LogP contribution is -2.58. The quantitative estimate of drug-likeness (QED) is 0.251. The van der Waals surface area contributed by atoms with Gasteiger partial charge in [-0.15, -0.1) is 0 Å². The first-order chi connectivity index (χ1) is 23.3. The first-order valence-corrected chi connectivity index (χ1v) is 18.0. The number of esters is 1. The molecule has 10 heteroatoms. The number of rotatable bonds is 8. The average molecular weight is 662 g/mol. The van der Waals surface area contributed by atoms with Crippen LogP contribution < -0.4 is 0 Å². The van der Waals surface area contributed by atoms with Gasteiger partial charge in [-0.2, -0.15) is 0 Å². The van der Waals surface area contributed by atoms with Crippen molar-refractivity contribution in [1.82, 2.24) is 14.7 Å². The minimum Gasteiger partial charge on any atom is -0.455 e. The van der Waals surface area contributed by atoms with Crippen LogP contribution in [0.2, 0.25) is 0 Å². The molecule has 1 N–H and O–H groups in total. The number of hydrogen-bond acceptors (Lipinski definition) is 7. The van der Waals surface area contributed by atoms with E-state index in [4.69, 9.17) is 9.47 Å². The number of allylic oxidation sites excluding steroid dienone is 1. The number of cyclic esters (lactones) is 1. The molecule has 1 aliphatic carbocycles.